The van der Waals surface area contributed by atoms with Crippen molar-refractivity contribution >= 4 is 17.4 Å². The molecule has 0 aromatic carbocycles. The maximum Gasteiger partial charge on any atom is 0.275 e. The van der Waals surface area contributed by atoms with Crippen LogP contribution in [0.1, 0.15) is 17.4 Å². The van der Waals surface area contributed by atoms with E-state index in [0.29, 0.717) is 17.2 Å². The highest BCUT2D eigenvalue weighted by Crippen LogP contribution is 2.06. The van der Waals surface area contributed by atoms with Crippen LogP contribution < -0.4 is 11.1 Å². The lowest BCUT2D eigenvalue weighted by atomic mass is 10.3. The lowest BCUT2D eigenvalue weighted by Gasteiger charge is -2.01. The SMILES string of the molecule is CCn1ccc(NC(=O)c2ccc(N)cn2)n1. The summed E-state index contributed by atoms with van der Waals surface area (Å²) in [5.41, 5.74) is 6.33. The van der Waals surface area contributed by atoms with Gasteiger partial charge >= 0.3 is 0 Å². The summed E-state index contributed by atoms with van der Waals surface area (Å²) in [4.78, 5) is 15.7. The first kappa shape index (κ1) is 11.1. The van der Waals surface area contributed by atoms with E-state index < -0.39 is 0 Å². The number of carbonyl (C=O) groups excluding carboxylic acids is 1. The molecule has 6 heteroatoms. The summed E-state index contributed by atoms with van der Waals surface area (Å²) in [6.07, 6.45) is 3.24. The van der Waals surface area contributed by atoms with Crippen LogP contribution in [0.3, 0.4) is 0 Å². The van der Waals surface area contributed by atoms with E-state index in [4.69, 9.17) is 5.73 Å². The number of amides is 1. The number of carbonyl (C=O) groups is 1. The molecule has 3 N–H and O–H groups in total. The number of aryl methyl sites for hydroxylation is 1. The Hall–Kier alpha value is -2.37. The van der Waals surface area contributed by atoms with E-state index in [2.05, 4.69) is 15.4 Å². The molecular formula is C11H13N5O. The van der Waals surface area contributed by atoms with Crippen molar-refractivity contribution in [3.63, 3.8) is 0 Å². The van der Waals surface area contributed by atoms with Crippen LogP contribution in [0, 0.1) is 0 Å². The molecule has 0 aliphatic carbocycles. The summed E-state index contributed by atoms with van der Waals surface area (Å²) in [7, 11) is 0. The minimum Gasteiger partial charge on any atom is -0.397 e. The van der Waals surface area contributed by atoms with E-state index >= 15 is 0 Å². The number of nitrogen functional groups attached to an aromatic ring is 1. The van der Waals surface area contributed by atoms with Gasteiger partial charge in [0.2, 0.25) is 0 Å². The number of pyridine rings is 1. The van der Waals surface area contributed by atoms with Crippen molar-refractivity contribution in [2.75, 3.05) is 11.1 Å². The van der Waals surface area contributed by atoms with Gasteiger partial charge in [-0.25, -0.2) is 4.98 Å². The van der Waals surface area contributed by atoms with Crippen molar-refractivity contribution in [3.05, 3.63) is 36.3 Å². The fraction of sp³-hybridized carbons (Fsp3) is 0.182. The summed E-state index contributed by atoms with van der Waals surface area (Å²) >= 11 is 0. The Kier molecular flexibility index (Phi) is 3.04. The lowest BCUT2D eigenvalue weighted by Crippen LogP contribution is -2.14. The van der Waals surface area contributed by atoms with Crippen LogP contribution >= 0.6 is 0 Å². The Balaban J connectivity index is 2.08. The number of hydrogen-bond donors (Lipinski definition) is 2. The second-order valence-electron chi connectivity index (χ2n) is 3.49. The van der Waals surface area contributed by atoms with E-state index in [1.165, 1.54) is 6.20 Å². The first-order chi connectivity index (χ1) is 8.19. The number of nitrogens with zero attached hydrogens (tertiary/aromatic N) is 3. The lowest BCUT2D eigenvalue weighted by molar-refractivity contribution is 0.102. The molecule has 0 saturated carbocycles. The van der Waals surface area contributed by atoms with Gasteiger partial charge in [-0.1, -0.05) is 0 Å². The molecule has 2 aromatic rings. The van der Waals surface area contributed by atoms with Crippen LogP contribution in [0.15, 0.2) is 30.6 Å². The van der Waals surface area contributed by atoms with Crippen molar-refractivity contribution < 1.29 is 4.79 Å². The molecule has 0 saturated heterocycles. The second kappa shape index (κ2) is 4.65. The Morgan fingerprint density at radius 2 is 2.29 bits per heavy atom. The minimum absolute atomic E-state index is 0.300. The standard InChI is InChI=1S/C11H13N5O/c1-2-16-6-5-10(15-16)14-11(17)9-4-3-8(12)7-13-9/h3-7H,2,12H2,1H3,(H,14,15,17). The van der Waals surface area contributed by atoms with E-state index in [1.807, 2.05) is 6.92 Å². The Labute approximate surface area is 98.5 Å². The maximum absolute atomic E-state index is 11.8. The molecule has 0 fully saturated rings. The third kappa shape index (κ3) is 2.60. The van der Waals surface area contributed by atoms with Crippen molar-refractivity contribution in [3.8, 4) is 0 Å². The highest BCUT2D eigenvalue weighted by Gasteiger charge is 2.08. The van der Waals surface area contributed by atoms with Crippen LogP contribution in [0.25, 0.3) is 0 Å². The van der Waals surface area contributed by atoms with E-state index in [1.54, 1.807) is 29.1 Å². The van der Waals surface area contributed by atoms with Gasteiger partial charge in [-0.3, -0.25) is 9.48 Å². The summed E-state index contributed by atoms with van der Waals surface area (Å²) in [6, 6.07) is 4.94. The molecule has 17 heavy (non-hydrogen) atoms. The van der Waals surface area contributed by atoms with Crippen molar-refractivity contribution in [2.24, 2.45) is 0 Å². The predicted octanol–water partition coefficient (Wildman–Crippen LogP) is 1.13. The van der Waals surface area contributed by atoms with Crippen LogP contribution in [-0.2, 0) is 6.54 Å². The largest absolute Gasteiger partial charge is 0.397 e. The molecule has 0 aliphatic heterocycles. The highest BCUT2D eigenvalue weighted by atomic mass is 16.1. The normalized spacial score (nSPS) is 10.2. The number of aromatic nitrogens is 3. The third-order valence-corrected chi connectivity index (χ3v) is 2.23. The summed E-state index contributed by atoms with van der Waals surface area (Å²) in [5, 5.41) is 6.80. The van der Waals surface area contributed by atoms with Gasteiger partial charge in [-0.2, -0.15) is 5.10 Å². The predicted molar refractivity (Wildman–Crippen MR) is 64.5 cm³/mol. The first-order valence-electron chi connectivity index (χ1n) is 5.25. The Morgan fingerprint density at radius 3 is 2.88 bits per heavy atom. The smallest absolute Gasteiger partial charge is 0.275 e. The van der Waals surface area contributed by atoms with Crippen LogP contribution in [0.5, 0.6) is 0 Å². The molecule has 88 valence electrons. The molecule has 0 radical (unpaired) electrons. The second-order valence-corrected chi connectivity index (χ2v) is 3.49. The summed E-state index contributed by atoms with van der Waals surface area (Å²) < 4.78 is 1.73. The number of rotatable bonds is 3. The Bertz CT molecular complexity index is 517. The van der Waals surface area contributed by atoms with Gasteiger partial charge in [0.15, 0.2) is 5.82 Å². The monoisotopic (exact) mass is 231 g/mol. The van der Waals surface area contributed by atoms with Crippen molar-refractivity contribution in [1.29, 1.82) is 0 Å². The minimum atomic E-state index is -0.300. The molecule has 0 atom stereocenters. The molecule has 6 nitrogen and oxygen atoms in total. The zero-order chi connectivity index (χ0) is 12.3. The average molecular weight is 231 g/mol. The zero-order valence-corrected chi connectivity index (χ0v) is 9.42. The molecule has 0 bridgehead atoms. The number of hydrogen-bond acceptors (Lipinski definition) is 4. The van der Waals surface area contributed by atoms with Crippen LogP contribution in [0.4, 0.5) is 11.5 Å². The number of anilines is 2. The van der Waals surface area contributed by atoms with E-state index in [9.17, 15) is 4.79 Å². The molecule has 2 heterocycles. The van der Waals surface area contributed by atoms with Gasteiger partial charge in [-0.05, 0) is 19.1 Å². The summed E-state index contributed by atoms with van der Waals surface area (Å²) in [5.74, 6) is 0.210. The molecule has 0 unspecified atom stereocenters. The molecule has 0 spiro atoms. The highest BCUT2D eigenvalue weighted by molar-refractivity contribution is 6.02. The van der Waals surface area contributed by atoms with Gasteiger partial charge in [0, 0.05) is 18.8 Å². The van der Waals surface area contributed by atoms with Crippen molar-refractivity contribution in [2.45, 2.75) is 13.5 Å². The maximum atomic E-state index is 11.8. The van der Waals surface area contributed by atoms with E-state index in [0.717, 1.165) is 6.54 Å². The average Bonchev–Trinajstić information content (AvgIpc) is 2.77. The first-order valence-corrected chi connectivity index (χ1v) is 5.25. The molecule has 1 amide bonds. The van der Waals surface area contributed by atoms with Gasteiger partial charge in [-0.15, -0.1) is 0 Å². The van der Waals surface area contributed by atoms with Gasteiger partial charge in [0.05, 0.1) is 11.9 Å². The molecule has 2 aromatic heterocycles. The molecule has 2 rings (SSSR count). The number of nitrogens with two attached hydrogens (primary N) is 1. The zero-order valence-electron chi connectivity index (χ0n) is 9.42. The van der Waals surface area contributed by atoms with Gasteiger partial charge in [0.1, 0.15) is 5.69 Å². The number of nitrogens with one attached hydrogen (secondary N) is 1. The fourth-order valence-corrected chi connectivity index (χ4v) is 1.32. The topological polar surface area (TPSA) is 85.8 Å². The quantitative estimate of drug-likeness (QED) is 0.829. The molecular weight excluding hydrogens is 218 g/mol. The van der Waals surface area contributed by atoms with Gasteiger partial charge in [0.25, 0.3) is 5.91 Å². The Morgan fingerprint density at radius 1 is 1.47 bits per heavy atom. The third-order valence-electron chi connectivity index (χ3n) is 2.23. The fourth-order valence-electron chi connectivity index (χ4n) is 1.32. The summed E-state index contributed by atoms with van der Waals surface area (Å²) in [6.45, 7) is 2.73. The van der Waals surface area contributed by atoms with Crippen LogP contribution in [0.2, 0.25) is 0 Å². The van der Waals surface area contributed by atoms with E-state index in [-0.39, 0.29) is 5.91 Å². The molecule has 0 aliphatic rings. The van der Waals surface area contributed by atoms with Crippen LogP contribution in [-0.4, -0.2) is 20.7 Å². The van der Waals surface area contributed by atoms with Crippen molar-refractivity contribution in [1.82, 2.24) is 14.8 Å². The van der Waals surface area contributed by atoms with Gasteiger partial charge < -0.3 is 11.1 Å².